The van der Waals surface area contributed by atoms with Gasteiger partial charge in [0.2, 0.25) is 5.91 Å². The van der Waals surface area contributed by atoms with E-state index in [1.54, 1.807) is 18.2 Å². The van der Waals surface area contributed by atoms with Crippen molar-refractivity contribution in [3.8, 4) is 11.1 Å². The third-order valence-electron chi connectivity index (χ3n) is 4.44. The summed E-state index contributed by atoms with van der Waals surface area (Å²) in [4.78, 5) is 26.5. The number of rotatable bonds is 3. The Morgan fingerprint density at radius 1 is 1.20 bits per heavy atom. The molecule has 0 radical (unpaired) electrons. The number of nitrogens with one attached hydrogen (secondary N) is 1. The Morgan fingerprint density at radius 2 is 2.00 bits per heavy atom. The van der Waals surface area contributed by atoms with E-state index in [1.807, 2.05) is 26.0 Å². The average Bonchev–Trinajstić information content (AvgIpc) is 3.12. The number of amides is 1. The summed E-state index contributed by atoms with van der Waals surface area (Å²) >= 11 is 0. The zero-order chi connectivity index (χ0) is 17.7. The molecule has 1 amide bonds. The molecule has 0 aliphatic carbocycles. The molecule has 0 unspecified atom stereocenters. The van der Waals surface area contributed by atoms with E-state index in [-0.39, 0.29) is 0 Å². The summed E-state index contributed by atoms with van der Waals surface area (Å²) < 4.78 is 5.24. The van der Waals surface area contributed by atoms with Crippen molar-refractivity contribution in [1.29, 1.82) is 0 Å². The van der Waals surface area contributed by atoms with Crippen LogP contribution < -0.4 is 5.73 Å². The number of H-pyrrole nitrogens is 1. The number of aromatic nitrogens is 2. The van der Waals surface area contributed by atoms with Gasteiger partial charge in [0.25, 0.3) is 0 Å². The van der Waals surface area contributed by atoms with Crippen LogP contribution in [0.1, 0.15) is 32.2 Å². The van der Waals surface area contributed by atoms with Crippen LogP contribution in [0.15, 0.2) is 34.9 Å². The highest BCUT2D eigenvalue weighted by atomic mass is 16.5. The summed E-state index contributed by atoms with van der Waals surface area (Å²) in [7, 11) is 0. The van der Waals surface area contributed by atoms with Crippen LogP contribution in [0.5, 0.6) is 0 Å². The number of primary amides is 1. The molecule has 4 aromatic rings. The van der Waals surface area contributed by atoms with Gasteiger partial charge in [-0.25, -0.2) is 0 Å². The van der Waals surface area contributed by atoms with Gasteiger partial charge in [0, 0.05) is 38.5 Å². The predicted molar refractivity (Wildman–Crippen MR) is 94.7 cm³/mol. The molecule has 0 aliphatic rings. The van der Waals surface area contributed by atoms with Crippen LogP contribution in [-0.4, -0.2) is 22.3 Å². The first-order valence-electron chi connectivity index (χ1n) is 7.77. The molecule has 0 aliphatic heterocycles. The number of hydrogen-bond donors (Lipinski definition) is 2. The summed E-state index contributed by atoms with van der Waals surface area (Å²) in [6.45, 7) is 3.67. The lowest BCUT2D eigenvalue weighted by molar-refractivity contribution is 0.100. The Balaban J connectivity index is 2.12. The maximum absolute atomic E-state index is 12.1. The van der Waals surface area contributed by atoms with E-state index >= 15 is 0 Å². The number of nitrogens with zero attached hydrogens (tertiary/aromatic N) is 1. The topological polar surface area (TPSA) is 102 Å². The molecule has 6 heteroatoms. The third kappa shape index (κ3) is 2.22. The van der Waals surface area contributed by atoms with Crippen molar-refractivity contribution in [2.45, 2.75) is 13.8 Å². The highest BCUT2D eigenvalue weighted by Gasteiger charge is 2.18. The highest BCUT2D eigenvalue weighted by Crippen LogP contribution is 2.35. The van der Waals surface area contributed by atoms with Crippen LogP contribution in [0.4, 0.5) is 0 Å². The van der Waals surface area contributed by atoms with E-state index in [2.05, 4.69) is 10.1 Å². The van der Waals surface area contributed by atoms with Crippen LogP contribution in [0.3, 0.4) is 0 Å². The molecule has 6 nitrogen and oxygen atoms in total. The van der Waals surface area contributed by atoms with Gasteiger partial charge in [-0.05, 0) is 49.7 Å². The summed E-state index contributed by atoms with van der Waals surface area (Å²) in [5.41, 5.74) is 10.6. The first-order valence-corrected chi connectivity index (χ1v) is 7.77. The lowest BCUT2D eigenvalue weighted by Crippen LogP contribution is -2.11. The largest absolute Gasteiger partial charge is 0.366 e. The van der Waals surface area contributed by atoms with Crippen molar-refractivity contribution in [1.82, 2.24) is 10.1 Å². The fraction of sp³-hybridized carbons (Fsp3) is 0.105. The number of benzene rings is 2. The Morgan fingerprint density at radius 3 is 2.64 bits per heavy atom. The van der Waals surface area contributed by atoms with E-state index in [4.69, 9.17) is 10.3 Å². The minimum absolute atomic E-state index is 0.391. The number of carbonyl (C=O) groups excluding carboxylic acids is 2. The van der Waals surface area contributed by atoms with Crippen LogP contribution in [0.2, 0.25) is 0 Å². The number of nitrogens with two attached hydrogens (primary N) is 1. The minimum Gasteiger partial charge on any atom is -0.366 e. The highest BCUT2D eigenvalue weighted by molar-refractivity contribution is 6.19. The van der Waals surface area contributed by atoms with Gasteiger partial charge in [-0.1, -0.05) is 5.16 Å². The summed E-state index contributed by atoms with van der Waals surface area (Å²) in [6.07, 6.45) is 0.778. The molecule has 0 fully saturated rings. The second-order valence-electron chi connectivity index (χ2n) is 6.06. The number of aldehydes is 1. The van der Waals surface area contributed by atoms with Gasteiger partial charge in [0.05, 0.1) is 5.69 Å². The van der Waals surface area contributed by atoms with Crippen molar-refractivity contribution in [3.63, 3.8) is 0 Å². The molecule has 4 rings (SSSR count). The van der Waals surface area contributed by atoms with Crippen molar-refractivity contribution in [2.75, 3.05) is 0 Å². The Bertz CT molecular complexity index is 1150. The molecule has 2 aromatic carbocycles. The fourth-order valence-electron chi connectivity index (χ4n) is 3.36. The van der Waals surface area contributed by atoms with Crippen LogP contribution in [0.25, 0.3) is 32.9 Å². The Kier molecular flexibility index (Phi) is 3.21. The third-order valence-corrected chi connectivity index (χ3v) is 4.44. The van der Waals surface area contributed by atoms with E-state index in [1.165, 1.54) is 0 Å². The summed E-state index contributed by atoms with van der Waals surface area (Å²) in [5.74, 6) is 0.141. The molecule has 2 aromatic heterocycles. The first kappa shape index (κ1) is 15.1. The molecule has 3 N–H and O–H groups in total. The Hall–Kier alpha value is -3.41. The number of hydrogen-bond acceptors (Lipinski definition) is 4. The monoisotopic (exact) mass is 333 g/mol. The predicted octanol–water partition coefficient (Wildman–Crippen LogP) is 3.50. The summed E-state index contributed by atoms with van der Waals surface area (Å²) in [6, 6.07) is 8.99. The SMILES string of the molecule is Cc1noc(C)c1-c1cc(C(N)=O)c2c(c1)[nH]c1ccc(C=O)cc12. The van der Waals surface area contributed by atoms with Gasteiger partial charge < -0.3 is 15.2 Å². The number of fused-ring (bicyclic) bond motifs is 3. The molecule has 2 heterocycles. The van der Waals surface area contributed by atoms with Gasteiger partial charge in [-0.2, -0.15) is 0 Å². The lowest BCUT2D eigenvalue weighted by atomic mass is 9.97. The Labute approximate surface area is 142 Å². The zero-order valence-electron chi connectivity index (χ0n) is 13.7. The molecule has 0 saturated heterocycles. The second kappa shape index (κ2) is 5.31. The van der Waals surface area contributed by atoms with Gasteiger partial charge in [-0.15, -0.1) is 0 Å². The number of aromatic amines is 1. The first-order chi connectivity index (χ1) is 12.0. The van der Waals surface area contributed by atoms with E-state index in [0.29, 0.717) is 22.3 Å². The second-order valence-corrected chi connectivity index (χ2v) is 6.06. The molecular weight excluding hydrogens is 318 g/mol. The van der Waals surface area contributed by atoms with Crippen molar-refractivity contribution in [3.05, 3.63) is 52.9 Å². The van der Waals surface area contributed by atoms with Crippen molar-refractivity contribution in [2.24, 2.45) is 5.73 Å². The number of aryl methyl sites for hydroxylation is 2. The fourth-order valence-corrected chi connectivity index (χ4v) is 3.36. The van der Waals surface area contributed by atoms with Crippen LogP contribution in [-0.2, 0) is 0 Å². The smallest absolute Gasteiger partial charge is 0.249 e. The van der Waals surface area contributed by atoms with Gasteiger partial charge in [0.15, 0.2) is 0 Å². The van der Waals surface area contributed by atoms with Crippen molar-refractivity contribution >= 4 is 34.0 Å². The molecule has 0 spiro atoms. The number of carbonyl (C=O) groups is 2. The van der Waals surface area contributed by atoms with Gasteiger partial charge >= 0.3 is 0 Å². The van der Waals surface area contributed by atoms with E-state index in [9.17, 15) is 9.59 Å². The van der Waals surface area contributed by atoms with E-state index in [0.717, 1.165) is 39.5 Å². The maximum atomic E-state index is 12.1. The molecule has 25 heavy (non-hydrogen) atoms. The van der Waals surface area contributed by atoms with Crippen LogP contribution >= 0.6 is 0 Å². The lowest BCUT2D eigenvalue weighted by Gasteiger charge is -2.06. The molecule has 0 bridgehead atoms. The molecule has 0 atom stereocenters. The van der Waals surface area contributed by atoms with Gasteiger partial charge in [-0.3, -0.25) is 9.59 Å². The summed E-state index contributed by atoms with van der Waals surface area (Å²) in [5, 5.41) is 5.47. The van der Waals surface area contributed by atoms with Crippen LogP contribution in [0, 0.1) is 13.8 Å². The van der Waals surface area contributed by atoms with Crippen molar-refractivity contribution < 1.29 is 14.1 Å². The standard InChI is InChI=1S/C19H15N3O3/c1-9-17(10(2)25-22-9)12-6-14(19(20)24)18-13-5-11(8-23)3-4-15(13)21-16(18)7-12/h3-8,21H,1-2H3,(H2,20,24). The molecule has 124 valence electrons. The van der Waals surface area contributed by atoms with Gasteiger partial charge in [0.1, 0.15) is 12.0 Å². The molecular formula is C19H15N3O3. The maximum Gasteiger partial charge on any atom is 0.249 e. The zero-order valence-corrected chi connectivity index (χ0v) is 13.7. The normalized spacial score (nSPS) is 11.3. The quantitative estimate of drug-likeness (QED) is 0.560. The molecule has 0 saturated carbocycles. The average molecular weight is 333 g/mol. The minimum atomic E-state index is -0.531. The van der Waals surface area contributed by atoms with E-state index < -0.39 is 5.91 Å².